The number of amides is 1. The number of nitrogens with one attached hydrogen (secondary N) is 2. The molecule has 0 aliphatic heterocycles. The summed E-state index contributed by atoms with van der Waals surface area (Å²) in [6.45, 7) is 4.66. The molecule has 1 fully saturated rings. The average molecular weight is 309 g/mol. The average Bonchev–Trinajstić information content (AvgIpc) is 2.47. The molecule has 3 unspecified atom stereocenters. The van der Waals surface area contributed by atoms with Crippen LogP contribution in [0.4, 0.5) is 0 Å². The number of benzene rings is 1. The second-order valence-corrected chi connectivity index (χ2v) is 6.53. The number of halogens is 1. The number of carbonyl (C=O) groups is 1. The standard InChI is InChI=1S/C17H25ClN2O/c1-12-5-3-4-6-16(12)19-11-17(21)20-13(2)14-7-9-15(18)10-8-14/h7-10,12-13,16,19H,3-6,11H2,1-2H3,(H,20,21). The summed E-state index contributed by atoms with van der Waals surface area (Å²) >= 11 is 5.87. The minimum atomic E-state index is 0.000320. The van der Waals surface area contributed by atoms with E-state index >= 15 is 0 Å². The largest absolute Gasteiger partial charge is 0.348 e. The molecule has 1 aliphatic carbocycles. The van der Waals surface area contributed by atoms with Gasteiger partial charge in [0.2, 0.25) is 5.91 Å². The molecule has 2 N–H and O–H groups in total. The monoisotopic (exact) mass is 308 g/mol. The third kappa shape index (κ3) is 5.01. The summed E-state index contributed by atoms with van der Waals surface area (Å²) in [6.07, 6.45) is 5.03. The number of hydrogen-bond donors (Lipinski definition) is 2. The van der Waals surface area contributed by atoms with Gasteiger partial charge in [0.05, 0.1) is 12.6 Å². The number of carbonyl (C=O) groups excluding carboxylic acids is 1. The van der Waals surface area contributed by atoms with Gasteiger partial charge in [-0.25, -0.2) is 0 Å². The van der Waals surface area contributed by atoms with Crippen LogP contribution in [0, 0.1) is 5.92 Å². The van der Waals surface area contributed by atoms with Gasteiger partial charge in [0.15, 0.2) is 0 Å². The fraction of sp³-hybridized carbons (Fsp3) is 0.588. The quantitative estimate of drug-likeness (QED) is 0.871. The van der Waals surface area contributed by atoms with Gasteiger partial charge in [-0.2, -0.15) is 0 Å². The topological polar surface area (TPSA) is 41.1 Å². The van der Waals surface area contributed by atoms with E-state index in [1.54, 1.807) is 0 Å². The van der Waals surface area contributed by atoms with Crippen LogP contribution in [0.2, 0.25) is 5.02 Å². The Morgan fingerprint density at radius 3 is 2.62 bits per heavy atom. The fourth-order valence-corrected chi connectivity index (χ4v) is 3.10. The van der Waals surface area contributed by atoms with Crippen molar-refractivity contribution in [3.05, 3.63) is 34.9 Å². The molecule has 3 nitrogen and oxygen atoms in total. The van der Waals surface area contributed by atoms with E-state index in [0.29, 0.717) is 23.5 Å². The lowest BCUT2D eigenvalue weighted by Gasteiger charge is -2.29. The Morgan fingerprint density at radius 1 is 1.29 bits per heavy atom. The highest BCUT2D eigenvalue weighted by molar-refractivity contribution is 6.30. The molecule has 0 radical (unpaired) electrons. The van der Waals surface area contributed by atoms with Gasteiger partial charge < -0.3 is 10.6 Å². The van der Waals surface area contributed by atoms with Crippen LogP contribution in [0.25, 0.3) is 0 Å². The molecule has 0 saturated heterocycles. The molecular formula is C17H25ClN2O. The van der Waals surface area contributed by atoms with Crippen LogP contribution in [0.5, 0.6) is 0 Å². The maximum atomic E-state index is 12.0. The first-order chi connectivity index (χ1) is 10.1. The van der Waals surface area contributed by atoms with Gasteiger partial charge in [0, 0.05) is 11.1 Å². The van der Waals surface area contributed by atoms with Gasteiger partial charge in [0.1, 0.15) is 0 Å². The summed E-state index contributed by atoms with van der Waals surface area (Å²) in [5.41, 5.74) is 1.07. The minimum absolute atomic E-state index is 0.000320. The first-order valence-electron chi connectivity index (χ1n) is 7.84. The van der Waals surface area contributed by atoms with Crippen molar-refractivity contribution in [1.82, 2.24) is 10.6 Å². The first kappa shape index (κ1) is 16.3. The molecular weight excluding hydrogens is 284 g/mol. The Morgan fingerprint density at radius 2 is 1.95 bits per heavy atom. The minimum Gasteiger partial charge on any atom is -0.348 e. The predicted molar refractivity (Wildman–Crippen MR) is 87.4 cm³/mol. The van der Waals surface area contributed by atoms with Crippen molar-refractivity contribution in [3.8, 4) is 0 Å². The lowest BCUT2D eigenvalue weighted by molar-refractivity contribution is -0.121. The Bertz CT molecular complexity index is 460. The smallest absolute Gasteiger partial charge is 0.234 e. The molecule has 1 aliphatic rings. The lowest BCUT2D eigenvalue weighted by Crippen LogP contribution is -2.43. The van der Waals surface area contributed by atoms with E-state index in [2.05, 4.69) is 17.6 Å². The Hall–Kier alpha value is -1.06. The van der Waals surface area contributed by atoms with Crippen molar-refractivity contribution in [3.63, 3.8) is 0 Å². The summed E-state index contributed by atoms with van der Waals surface area (Å²) in [6, 6.07) is 8.08. The van der Waals surface area contributed by atoms with E-state index in [0.717, 1.165) is 5.56 Å². The van der Waals surface area contributed by atoms with E-state index in [1.807, 2.05) is 31.2 Å². The van der Waals surface area contributed by atoms with Crippen molar-refractivity contribution in [2.45, 2.75) is 51.6 Å². The summed E-state index contributed by atoms with van der Waals surface area (Å²) in [7, 11) is 0. The highest BCUT2D eigenvalue weighted by Gasteiger charge is 2.21. The molecule has 2 rings (SSSR count). The number of hydrogen-bond acceptors (Lipinski definition) is 2. The summed E-state index contributed by atoms with van der Waals surface area (Å²) in [5, 5.41) is 7.14. The van der Waals surface area contributed by atoms with Crippen molar-refractivity contribution in [1.29, 1.82) is 0 Å². The van der Waals surface area contributed by atoms with E-state index < -0.39 is 0 Å². The van der Waals surface area contributed by atoms with E-state index in [9.17, 15) is 4.79 Å². The zero-order valence-corrected chi connectivity index (χ0v) is 13.6. The molecule has 0 bridgehead atoms. The SMILES string of the molecule is CC(NC(=O)CNC1CCCCC1C)c1ccc(Cl)cc1. The molecule has 1 saturated carbocycles. The molecule has 0 aromatic heterocycles. The molecule has 0 spiro atoms. The highest BCUT2D eigenvalue weighted by Crippen LogP contribution is 2.23. The van der Waals surface area contributed by atoms with Crippen LogP contribution >= 0.6 is 11.6 Å². The summed E-state index contributed by atoms with van der Waals surface area (Å²) in [4.78, 5) is 12.0. The summed E-state index contributed by atoms with van der Waals surface area (Å²) in [5.74, 6) is 0.718. The van der Waals surface area contributed by atoms with Crippen molar-refractivity contribution in [2.75, 3.05) is 6.54 Å². The third-order valence-electron chi connectivity index (χ3n) is 4.38. The second-order valence-electron chi connectivity index (χ2n) is 6.09. The first-order valence-corrected chi connectivity index (χ1v) is 8.22. The molecule has 3 atom stereocenters. The van der Waals surface area contributed by atoms with Crippen LogP contribution in [0.1, 0.15) is 51.1 Å². The van der Waals surface area contributed by atoms with Gasteiger partial charge in [-0.1, -0.05) is 43.5 Å². The molecule has 1 aromatic rings. The predicted octanol–water partition coefficient (Wildman–Crippen LogP) is 3.69. The Balaban J connectivity index is 1.77. The maximum absolute atomic E-state index is 12.0. The second kappa shape index (κ2) is 7.81. The summed E-state index contributed by atoms with van der Waals surface area (Å²) < 4.78 is 0. The number of rotatable bonds is 5. The zero-order chi connectivity index (χ0) is 15.2. The van der Waals surface area contributed by atoms with Gasteiger partial charge >= 0.3 is 0 Å². The van der Waals surface area contributed by atoms with Crippen LogP contribution < -0.4 is 10.6 Å². The highest BCUT2D eigenvalue weighted by atomic mass is 35.5. The molecule has 21 heavy (non-hydrogen) atoms. The van der Waals surface area contributed by atoms with Crippen molar-refractivity contribution in [2.24, 2.45) is 5.92 Å². The Kier molecular flexibility index (Phi) is 6.07. The van der Waals surface area contributed by atoms with Crippen LogP contribution in [-0.4, -0.2) is 18.5 Å². The van der Waals surface area contributed by atoms with E-state index in [1.165, 1.54) is 25.7 Å². The van der Waals surface area contributed by atoms with Gasteiger partial charge in [-0.05, 0) is 43.4 Å². The lowest BCUT2D eigenvalue weighted by atomic mass is 9.86. The fourth-order valence-electron chi connectivity index (χ4n) is 2.97. The van der Waals surface area contributed by atoms with Crippen molar-refractivity contribution < 1.29 is 4.79 Å². The van der Waals surface area contributed by atoms with E-state index in [-0.39, 0.29) is 11.9 Å². The molecule has 1 aromatic carbocycles. The van der Waals surface area contributed by atoms with Crippen LogP contribution in [-0.2, 0) is 4.79 Å². The molecule has 1 amide bonds. The van der Waals surface area contributed by atoms with Gasteiger partial charge in [0.25, 0.3) is 0 Å². The van der Waals surface area contributed by atoms with Gasteiger partial charge in [-0.3, -0.25) is 4.79 Å². The Labute approximate surface area is 132 Å². The third-order valence-corrected chi connectivity index (χ3v) is 4.64. The van der Waals surface area contributed by atoms with Crippen LogP contribution in [0.15, 0.2) is 24.3 Å². The molecule has 116 valence electrons. The van der Waals surface area contributed by atoms with E-state index in [4.69, 9.17) is 11.6 Å². The maximum Gasteiger partial charge on any atom is 0.234 e. The van der Waals surface area contributed by atoms with Crippen molar-refractivity contribution >= 4 is 17.5 Å². The van der Waals surface area contributed by atoms with Gasteiger partial charge in [-0.15, -0.1) is 0 Å². The zero-order valence-electron chi connectivity index (χ0n) is 12.9. The van der Waals surface area contributed by atoms with Crippen LogP contribution in [0.3, 0.4) is 0 Å². The molecule has 4 heteroatoms. The normalized spacial score (nSPS) is 23.6. The molecule has 0 heterocycles.